The standard InChI is InChI=1S/C18H15N3O2S/c22-16(20-12-4-3-5-12)11-7-8-13-15(10-11)24-18(21-17(13)23)14-6-1-2-9-19-14/h1-2,6-10,12H,3-5H2,(H,20,22). The molecule has 1 saturated carbocycles. The lowest BCUT2D eigenvalue weighted by molar-refractivity contribution is 0.0917. The monoisotopic (exact) mass is 337 g/mol. The highest BCUT2D eigenvalue weighted by molar-refractivity contribution is 7.21. The van der Waals surface area contributed by atoms with Crippen LogP contribution >= 0.6 is 11.3 Å². The Morgan fingerprint density at radius 3 is 2.79 bits per heavy atom. The summed E-state index contributed by atoms with van der Waals surface area (Å²) in [6.07, 6.45) is 4.92. The van der Waals surface area contributed by atoms with E-state index in [1.54, 1.807) is 24.4 Å². The van der Waals surface area contributed by atoms with Crippen molar-refractivity contribution in [3.05, 3.63) is 58.5 Å². The van der Waals surface area contributed by atoms with Crippen LogP contribution in [0.3, 0.4) is 0 Å². The highest BCUT2D eigenvalue weighted by Gasteiger charge is 2.20. The summed E-state index contributed by atoms with van der Waals surface area (Å²) in [6.45, 7) is 0. The van der Waals surface area contributed by atoms with Crippen LogP contribution < -0.4 is 10.9 Å². The maximum Gasteiger partial charge on any atom is 0.279 e. The van der Waals surface area contributed by atoms with Crippen LogP contribution in [0.4, 0.5) is 0 Å². The van der Waals surface area contributed by atoms with Gasteiger partial charge in [0, 0.05) is 22.5 Å². The van der Waals surface area contributed by atoms with Crippen molar-refractivity contribution in [1.82, 2.24) is 15.3 Å². The molecule has 0 aliphatic heterocycles. The van der Waals surface area contributed by atoms with Crippen molar-refractivity contribution < 1.29 is 4.79 Å². The zero-order valence-electron chi connectivity index (χ0n) is 12.9. The number of hydrogen-bond donors (Lipinski definition) is 1. The van der Waals surface area contributed by atoms with Gasteiger partial charge in [0.15, 0.2) is 0 Å². The Morgan fingerprint density at radius 1 is 1.21 bits per heavy atom. The van der Waals surface area contributed by atoms with Crippen LogP contribution in [0, 0.1) is 0 Å². The number of carbonyl (C=O) groups excluding carboxylic acids is 1. The molecule has 5 nitrogen and oxygen atoms in total. The minimum atomic E-state index is -0.296. The van der Waals surface area contributed by atoms with E-state index in [9.17, 15) is 9.59 Å². The number of carbonyl (C=O) groups is 1. The third kappa shape index (κ3) is 2.80. The summed E-state index contributed by atoms with van der Waals surface area (Å²) in [7, 11) is 0. The summed E-state index contributed by atoms with van der Waals surface area (Å²) in [6, 6.07) is 10.9. The van der Waals surface area contributed by atoms with Gasteiger partial charge in [0.25, 0.3) is 11.5 Å². The van der Waals surface area contributed by atoms with Gasteiger partial charge in [0.2, 0.25) is 0 Å². The third-order valence-electron chi connectivity index (χ3n) is 4.21. The zero-order chi connectivity index (χ0) is 16.5. The molecule has 3 aromatic rings. The van der Waals surface area contributed by atoms with Crippen LogP contribution in [0.2, 0.25) is 0 Å². The average molecular weight is 337 g/mol. The van der Waals surface area contributed by atoms with Crippen LogP contribution in [0.15, 0.2) is 47.4 Å². The molecule has 0 atom stereocenters. The SMILES string of the molecule is O=C(NC1CCC1)c1ccc2c(=O)nc(-c3ccccn3)sc2c1. The minimum absolute atomic E-state index is 0.0857. The van der Waals surface area contributed by atoms with Crippen molar-refractivity contribution in [3.8, 4) is 10.7 Å². The van der Waals surface area contributed by atoms with Crippen LogP contribution in [-0.2, 0) is 0 Å². The molecule has 1 aliphatic carbocycles. The smallest absolute Gasteiger partial charge is 0.279 e. The summed E-state index contributed by atoms with van der Waals surface area (Å²) in [5.41, 5.74) is 0.935. The predicted octanol–water partition coefficient (Wildman–Crippen LogP) is 3.00. The van der Waals surface area contributed by atoms with Gasteiger partial charge in [-0.15, -0.1) is 11.3 Å². The lowest BCUT2D eigenvalue weighted by Gasteiger charge is -2.26. The number of hydrogen-bond acceptors (Lipinski definition) is 5. The van der Waals surface area contributed by atoms with E-state index in [1.807, 2.05) is 18.2 Å². The number of rotatable bonds is 3. The Labute approximate surface area is 142 Å². The molecular weight excluding hydrogens is 322 g/mol. The van der Waals surface area contributed by atoms with Crippen LogP contribution in [-0.4, -0.2) is 21.9 Å². The van der Waals surface area contributed by atoms with Crippen LogP contribution in [0.25, 0.3) is 20.8 Å². The van der Waals surface area contributed by atoms with Crippen molar-refractivity contribution in [3.63, 3.8) is 0 Å². The molecule has 24 heavy (non-hydrogen) atoms. The Bertz CT molecular complexity index is 965. The van der Waals surface area contributed by atoms with Crippen molar-refractivity contribution in [2.45, 2.75) is 25.3 Å². The molecule has 2 aromatic heterocycles. The second kappa shape index (κ2) is 6.13. The molecule has 6 heteroatoms. The summed E-state index contributed by atoms with van der Waals surface area (Å²) in [5, 5.41) is 4.11. The minimum Gasteiger partial charge on any atom is -0.349 e. The van der Waals surface area contributed by atoms with E-state index in [4.69, 9.17) is 0 Å². The fourth-order valence-electron chi connectivity index (χ4n) is 2.62. The quantitative estimate of drug-likeness (QED) is 0.797. The fraction of sp³-hybridized carbons (Fsp3) is 0.222. The largest absolute Gasteiger partial charge is 0.349 e. The van der Waals surface area contributed by atoms with Gasteiger partial charge in [-0.1, -0.05) is 6.07 Å². The highest BCUT2D eigenvalue weighted by atomic mass is 32.1. The van der Waals surface area contributed by atoms with E-state index >= 15 is 0 Å². The molecule has 1 fully saturated rings. The van der Waals surface area contributed by atoms with Crippen molar-refractivity contribution in [1.29, 1.82) is 0 Å². The second-order valence-corrected chi connectivity index (χ2v) is 6.88. The molecule has 1 N–H and O–H groups in total. The molecule has 2 heterocycles. The molecular formula is C18H15N3O2S. The number of nitrogens with zero attached hydrogens (tertiary/aromatic N) is 2. The summed E-state index contributed by atoms with van der Waals surface area (Å²) >= 11 is 1.37. The van der Waals surface area contributed by atoms with Gasteiger partial charge >= 0.3 is 0 Å². The molecule has 0 bridgehead atoms. The molecule has 1 aliphatic rings. The third-order valence-corrected chi connectivity index (χ3v) is 5.26. The molecule has 1 aromatic carbocycles. The number of amides is 1. The van der Waals surface area contributed by atoms with E-state index in [2.05, 4.69) is 15.3 Å². The molecule has 0 saturated heterocycles. The highest BCUT2D eigenvalue weighted by Crippen LogP contribution is 2.25. The molecule has 120 valence electrons. The van der Waals surface area contributed by atoms with Gasteiger partial charge in [0.05, 0.1) is 11.1 Å². The van der Waals surface area contributed by atoms with Crippen molar-refractivity contribution >= 4 is 27.3 Å². The first-order valence-corrected chi connectivity index (χ1v) is 8.69. The van der Waals surface area contributed by atoms with E-state index in [0.29, 0.717) is 21.7 Å². The second-order valence-electron chi connectivity index (χ2n) is 5.85. The molecule has 0 radical (unpaired) electrons. The average Bonchev–Trinajstić information content (AvgIpc) is 2.58. The Kier molecular flexibility index (Phi) is 3.82. The fourth-order valence-corrected chi connectivity index (χ4v) is 3.64. The van der Waals surface area contributed by atoms with Gasteiger partial charge in [-0.2, -0.15) is 4.98 Å². The lowest BCUT2D eigenvalue weighted by atomic mass is 9.93. The van der Waals surface area contributed by atoms with E-state index in [1.165, 1.54) is 17.8 Å². The van der Waals surface area contributed by atoms with E-state index in [-0.39, 0.29) is 17.5 Å². The zero-order valence-corrected chi connectivity index (χ0v) is 13.7. The first-order chi connectivity index (χ1) is 11.7. The summed E-state index contributed by atoms with van der Waals surface area (Å²) < 4.78 is 0.747. The maximum atomic E-state index is 12.3. The van der Waals surface area contributed by atoms with Gasteiger partial charge in [-0.3, -0.25) is 14.6 Å². The van der Waals surface area contributed by atoms with Gasteiger partial charge < -0.3 is 5.32 Å². The number of nitrogens with one attached hydrogen (secondary N) is 1. The predicted molar refractivity (Wildman–Crippen MR) is 94.2 cm³/mol. The van der Waals surface area contributed by atoms with Gasteiger partial charge in [-0.25, -0.2) is 0 Å². The number of benzene rings is 1. The number of fused-ring (bicyclic) bond motifs is 1. The summed E-state index contributed by atoms with van der Waals surface area (Å²) in [4.78, 5) is 32.9. The first kappa shape index (κ1) is 15.0. The van der Waals surface area contributed by atoms with E-state index < -0.39 is 0 Å². The molecule has 0 unspecified atom stereocenters. The normalized spacial score (nSPS) is 14.3. The van der Waals surface area contributed by atoms with Gasteiger partial charge in [-0.05, 0) is 49.6 Å². The molecule has 0 spiro atoms. The van der Waals surface area contributed by atoms with Crippen molar-refractivity contribution in [2.24, 2.45) is 0 Å². The Hall–Kier alpha value is -2.60. The maximum absolute atomic E-state index is 12.3. The van der Waals surface area contributed by atoms with Crippen molar-refractivity contribution in [2.75, 3.05) is 0 Å². The first-order valence-electron chi connectivity index (χ1n) is 7.88. The molecule has 4 rings (SSSR count). The Balaban J connectivity index is 1.74. The van der Waals surface area contributed by atoms with Crippen LogP contribution in [0.5, 0.6) is 0 Å². The number of pyridine rings is 1. The summed E-state index contributed by atoms with van der Waals surface area (Å²) in [5.74, 6) is -0.0857. The topological polar surface area (TPSA) is 72.0 Å². The van der Waals surface area contributed by atoms with Crippen LogP contribution in [0.1, 0.15) is 29.6 Å². The Morgan fingerprint density at radius 2 is 2.08 bits per heavy atom. The van der Waals surface area contributed by atoms with E-state index in [0.717, 1.165) is 17.5 Å². The lowest BCUT2D eigenvalue weighted by Crippen LogP contribution is -2.39. The molecule has 1 amide bonds. The van der Waals surface area contributed by atoms with Gasteiger partial charge in [0.1, 0.15) is 5.01 Å². The number of aromatic nitrogens is 2.